The van der Waals surface area contributed by atoms with E-state index in [9.17, 15) is 31.1 Å². The molecule has 0 unspecified atom stereocenters. The van der Waals surface area contributed by atoms with E-state index in [1.807, 2.05) is 0 Å². The highest BCUT2D eigenvalue weighted by atomic mass is 19.4. The Morgan fingerprint density at radius 2 is 1.82 bits per heavy atom. The van der Waals surface area contributed by atoms with Crippen LogP contribution in [0.5, 0.6) is 0 Å². The maximum atomic E-state index is 13.4. The third-order valence-corrected chi connectivity index (χ3v) is 4.12. The van der Waals surface area contributed by atoms with Crippen LogP contribution in [-0.2, 0) is 0 Å². The number of likely N-dealkylation sites (tertiary alicyclic amines) is 1. The first-order valence-corrected chi connectivity index (χ1v) is 6.29. The van der Waals surface area contributed by atoms with Gasteiger partial charge < -0.3 is 9.32 Å². The molecule has 1 amide bonds. The smallest absolute Gasteiger partial charge is 0.421 e. The van der Waals surface area contributed by atoms with Crippen molar-refractivity contribution in [1.29, 1.82) is 0 Å². The lowest BCUT2D eigenvalue weighted by Crippen LogP contribution is -2.70. The molecule has 2 atom stereocenters. The number of furan rings is 1. The molecule has 2 heterocycles. The van der Waals surface area contributed by atoms with Gasteiger partial charge in [-0.2, -0.15) is 26.3 Å². The van der Waals surface area contributed by atoms with Gasteiger partial charge in [-0.05, 0) is 18.6 Å². The number of halogens is 6. The van der Waals surface area contributed by atoms with Crippen molar-refractivity contribution in [2.75, 3.05) is 0 Å². The van der Waals surface area contributed by atoms with Gasteiger partial charge in [-0.15, -0.1) is 0 Å². The molecule has 22 heavy (non-hydrogen) atoms. The Bertz CT molecular complexity index is 601. The molecule has 1 aliphatic carbocycles. The summed E-state index contributed by atoms with van der Waals surface area (Å²) < 4.78 is 85.3. The molecule has 9 heteroatoms. The quantitative estimate of drug-likeness (QED) is 0.584. The average molecular weight is 325 g/mol. The van der Waals surface area contributed by atoms with E-state index in [0.29, 0.717) is 0 Å². The summed E-state index contributed by atoms with van der Waals surface area (Å²) in [6, 6.07) is 1.00. The van der Waals surface area contributed by atoms with Crippen LogP contribution in [0.25, 0.3) is 0 Å². The molecule has 1 aromatic heterocycles. The number of fused-ring (bicyclic) bond motifs is 2. The van der Waals surface area contributed by atoms with Crippen molar-refractivity contribution in [3.8, 4) is 0 Å². The highest BCUT2D eigenvalue weighted by Gasteiger charge is 2.81. The fourth-order valence-corrected chi connectivity index (χ4v) is 3.31. The van der Waals surface area contributed by atoms with Gasteiger partial charge in [-0.1, -0.05) is 12.2 Å². The molecule has 3 rings (SSSR count). The molecule has 3 nitrogen and oxygen atoms in total. The second-order valence-corrected chi connectivity index (χ2v) is 5.21. The zero-order valence-electron chi connectivity index (χ0n) is 10.8. The first-order valence-electron chi connectivity index (χ1n) is 6.29. The first kappa shape index (κ1) is 15.0. The average Bonchev–Trinajstić information content (AvgIpc) is 3.09. The highest BCUT2D eigenvalue weighted by Crippen LogP contribution is 2.60. The van der Waals surface area contributed by atoms with Gasteiger partial charge in [-0.25, -0.2) is 0 Å². The van der Waals surface area contributed by atoms with Gasteiger partial charge in [0.25, 0.3) is 5.91 Å². The van der Waals surface area contributed by atoms with E-state index in [-0.39, 0.29) is 4.90 Å². The van der Waals surface area contributed by atoms with E-state index in [1.165, 1.54) is 12.1 Å². The number of nitrogens with zero attached hydrogens (tertiary/aromatic N) is 1. The molecule has 2 bridgehead atoms. The van der Waals surface area contributed by atoms with Gasteiger partial charge >= 0.3 is 12.4 Å². The Kier molecular flexibility index (Phi) is 2.93. The molecular weight excluding hydrogens is 316 g/mol. The maximum Gasteiger partial charge on any atom is 0.421 e. The Balaban J connectivity index is 2.18. The van der Waals surface area contributed by atoms with Crippen molar-refractivity contribution in [1.82, 2.24) is 4.90 Å². The lowest BCUT2D eigenvalue weighted by Gasteiger charge is -2.45. The third-order valence-electron chi connectivity index (χ3n) is 4.12. The zero-order valence-corrected chi connectivity index (χ0v) is 10.8. The summed E-state index contributed by atoms with van der Waals surface area (Å²) in [5.41, 5.74) is -4.22. The Morgan fingerprint density at radius 1 is 1.18 bits per heavy atom. The fourth-order valence-electron chi connectivity index (χ4n) is 3.31. The lowest BCUT2D eigenvalue weighted by molar-refractivity contribution is -0.336. The monoisotopic (exact) mass is 325 g/mol. The molecule has 0 spiro atoms. The molecule has 1 saturated heterocycles. The summed E-state index contributed by atoms with van der Waals surface area (Å²) in [5, 5.41) is 0. The minimum absolute atomic E-state index is 0.128. The summed E-state index contributed by atoms with van der Waals surface area (Å²) in [7, 11) is 0. The van der Waals surface area contributed by atoms with Gasteiger partial charge in [0.2, 0.25) is 5.54 Å². The van der Waals surface area contributed by atoms with Crippen molar-refractivity contribution < 1.29 is 35.6 Å². The van der Waals surface area contributed by atoms with E-state index in [4.69, 9.17) is 0 Å². The molecule has 0 N–H and O–H groups in total. The summed E-state index contributed by atoms with van der Waals surface area (Å²) in [6.07, 6.45) is -8.63. The van der Waals surface area contributed by atoms with E-state index in [0.717, 1.165) is 18.4 Å². The number of hydrogen-bond donors (Lipinski definition) is 0. The molecule has 0 radical (unpaired) electrons. The number of hydrogen-bond acceptors (Lipinski definition) is 2. The summed E-state index contributed by atoms with van der Waals surface area (Å²) in [4.78, 5) is 12.1. The van der Waals surface area contributed by atoms with Crippen LogP contribution in [0.15, 0.2) is 35.0 Å². The minimum Gasteiger partial charge on any atom is -0.459 e. The Hall–Kier alpha value is -1.93. The molecule has 1 aromatic rings. The number of rotatable bonds is 1. The molecule has 2 aliphatic rings. The van der Waals surface area contributed by atoms with E-state index < -0.39 is 47.9 Å². The summed E-state index contributed by atoms with van der Waals surface area (Å²) >= 11 is 0. The number of carbonyl (C=O) groups is 1. The van der Waals surface area contributed by atoms with Crippen molar-refractivity contribution in [2.24, 2.45) is 5.92 Å². The predicted octanol–water partition coefficient (Wildman–Crippen LogP) is 3.54. The molecule has 1 aliphatic heterocycles. The zero-order chi connectivity index (χ0) is 16.3. The van der Waals surface area contributed by atoms with Crippen LogP contribution in [0.1, 0.15) is 17.0 Å². The standard InChI is InChI=1S/C13H9F6NO2/c14-12(15,16)11(13(17,18)19)7-3-4-8(6-7)20(11)10(21)9-2-1-5-22-9/h1-5,7-8H,6H2/t7-,8+/m1/s1. The third kappa shape index (κ3) is 1.67. The van der Waals surface area contributed by atoms with Crippen LogP contribution in [0.3, 0.4) is 0 Å². The van der Waals surface area contributed by atoms with Gasteiger partial charge in [0.1, 0.15) is 0 Å². The molecule has 1 fully saturated rings. The van der Waals surface area contributed by atoms with Crippen LogP contribution in [0.2, 0.25) is 0 Å². The number of amides is 1. The predicted molar refractivity (Wildman–Crippen MR) is 60.8 cm³/mol. The number of alkyl halides is 6. The van der Waals surface area contributed by atoms with E-state index in [2.05, 4.69) is 4.42 Å². The van der Waals surface area contributed by atoms with E-state index in [1.54, 1.807) is 0 Å². The van der Waals surface area contributed by atoms with Crippen LogP contribution < -0.4 is 0 Å². The largest absolute Gasteiger partial charge is 0.459 e. The summed E-state index contributed by atoms with van der Waals surface area (Å²) in [6.45, 7) is 0. The normalized spacial score (nSPS) is 26.7. The van der Waals surface area contributed by atoms with E-state index >= 15 is 0 Å². The highest BCUT2D eigenvalue weighted by molar-refractivity contribution is 5.93. The second kappa shape index (κ2) is 4.30. The van der Waals surface area contributed by atoms with Gasteiger partial charge in [-0.3, -0.25) is 4.79 Å². The van der Waals surface area contributed by atoms with Gasteiger partial charge in [0.05, 0.1) is 12.3 Å². The van der Waals surface area contributed by atoms with Crippen molar-refractivity contribution in [2.45, 2.75) is 30.4 Å². The SMILES string of the molecule is O=C(c1ccco1)N1[C@H]2C=C[C@H](C2)C1(C(F)(F)F)C(F)(F)F. The molecular formula is C13H9F6NO2. The fraction of sp³-hybridized carbons (Fsp3) is 0.462. The molecule has 120 valence electrons. The van der Waals surface area contributed by atoms with Crippen molar-refractivity contribution >= 4 is 5.91 Å². The Labute approximate surface area is 120 Å². The molecule has 0 aromatic carbocycles. The van der Waals surface area contributed by atoms with Gasteiger partial charge in [0, 0.05) is 5.92 Å². The Morgan fingerprint density at radius 3 is 2.32 bits per heavy atom. The minimum atomic E-state index is -5.66. The second-order valence-electron chi connectivity index (χ2n) is 5.21. The first-order chi connectivity index (χ1) is 10.1. The summed E-state index contributed by atoms with van der Waals surface area (Å²) in [5.74, 6) is -3.83. The lowest BCUT2D eigenvalue weighted by atomic mass is 9.83. The van der Waals surface area contributed by atoms with Crippen LogP contribution in [0.4, 0.5) is 26.3 Å². The number of carbonyl (C=O) groups excluding carboxylic acids is 1. The topological polar surface area (TPSA) is 33.5 Å². The van der Waals surface area contributed by atoms with Crippen LogP contribution >= 0.6 is 0 Å². The van der Waals surface area contributed by atoms with Crippen molar-refractivity contribution in [3.05, 3.63) is 36.3 Å². The molecule has 0 saturated carbocycles. The van der Waals surface area contributed by atoms with Gasteiger partial charge in [0.15, 0.2) is 5.76 Å². The van der Waals surface area contributed by atoms with Crippen LogP contribution in [0, 0.1) is 5.92 Å². The van der Waals surface area contributed by atoms with Crippen LogP contribution in [-0.4, -0.2) is 34.7 Å². The maximum absolute atomic E-state index is 13.4. The van der Waals surface area contributed by atoms with Crippen molar-refractivity contribution in [3.63, 3.8) is 0 Å².